The Hall–Kier alpha value is -1.30. The van der Waals surface area contributed by atoms with Crippen LogP contribution < -0.4 is 0 Å². The average molecular weight is 174 g/mol. The van der Waals surface area contributed by atoms with E-state index < -0.39 is 0 Å². The van der Waals surface area contributed by atoms with Gasteiger partial charge in [-0.15, -0.1) is 0 Å². The molecule has 0 aromatic carbocycles. The summed E-state index contributed by atoms with van der Waals surface area (Å²) in [6.45, 7) is 11.6. The lowest BCUT2D eigenvalue weighted by molar-refractivity contribution is 1.20. The van der Waals surface area contributed by atoms with Gasteiger partial charge in [0.15, 0.2) is 0 Å². The average Bonchev–Trinajstić information content (AvgIpc) is 2.14. The quantitative estimate of drug-likeness (QED) is 0.548. The fourth-order valence-electron chi connectivity index (χ4n) is 1.09. The molecule has 0 aromatic heterocycles. The van der Waals surface area contributed by atoms with Gasteiger partial charge >= 0.3 is 0 Å². The second-order valence-electron chi connectivity index (χ2n) is 2.63. The first-order chi connectivity index (χ1) is 6.29. The summed E-state index contributed by atoms with van der Waals surface area (Å²) in [4.78, 5) is 0. The van der Waals surface area contributed by atoms with E-state index in [1.165, 1.54) is 5.57 Å². The van der Waals surface area contributed by atoms with Crippen molar-refractivity contribution in [3.05, 3.63) is 60.8 Å². The highest BCUT2D eigenvalue weighted by Gasteiger charge is 1.94. The summed E-state index contributed by atoms with van der Waals surface area (Å²) in [6, 6.07) is 0. The minimum absolute atomic E-state index is 1.03. The molecule has 0 N–H and O–H groups in total. The van der Waals surface area contributed by atoms with Crippen LogP contribution in [-0.2, 0) is 0 Å². The molecule has 0 heteroatoms. The topological polar surface area (TPSA) is 0 Å². The number of rotatable bonds is 5. The SMILES string of the molecule is C=C\C=C(C=C)/C(/C=C\C)=C\CC. The van der Waals surface area contributed by atoms with Crippen molar-refractivity contribution in [1.82, 2.24) is 0 Å². The highest BCUT2D eigenvalue weighted by Crippen LogP contribution is 2.13. The lowest BCUT2D eigenvalue weighted by Crippen LogP contribution is -1.82. The molecule has 0 aliphatic carbocycles. The van der Waals surface area contributed by atoms with Gasteiger partial charge in [-0.05, 0) is 24.5 Å². The highest BCUT2D eigenvalue weighted by molar-refractivity contribution is 5.46. The zero-order valence-corrected chi connectivity index (χ0v) is 8.59. The summed E-state index contributed by atoms with van der Waals surface area (Å²) < 4.78 is 0. The Balaban J connectivity index is 4.90. The first-order valence-electron chi connectivity index (χ1n) is 4.58. The maximum atomic E-state index is 3.77. The van der Waals surface area contributed by atoms with Gasteiger partial charge in [-0.3, -0.25) is 0 Å². The molecule has 0 amide bonds. The van der Waals surface area contributed by atoms with Gasteiger partial charge in [0.05, 0.1) is 0 Å². The van der Waals surface area contributed by atoms with Crippen LogP contribution in [0, 0.1) is 0 Å². The first kappa shape index (κ1) is 11.7. The van der Waals surface area contributed by atoms with Crippen LogP contribution in [-0.4, -0.2) is 0 Å². The molecule has 70 valence electrons. The van der Waals surface area contributed by atoms with Crippen LogP contribution in [0.25, 0.3) is 0 Å². The molecule has 0 aromatic rings. The van der Waals surface area contributed by atoms with Crippen molar-refractivity contribution < 1.29 is 0 Å². The summed E-state index contributed by atoms with van der Waals surface area (Å²) in [5.41, 5.74) is 2.33. The summed E-state index contributed by atoms with van der Waals surface area (Å²) in [5, 5.41) is 0. The Morgan fingerprint density at radius 3 is 2.31 bits per heavy atom. The first-order valence-corrected chi connectivity index (χ1v) is 4.58. The Bertz CT molecular complexity index is 249. The normalized spacial score (nSPS) is 13.4. The predicted octanol–water partition coefficient (Wildman–Crippen LogP) is 4.20. The van der Waals surface area contributed by atoms with Gasteiger partial charge in [-0.2, -0.15) is 0 Å². The summed E-state index contributed by atoms with van der Waals surface area (Å²) >= 11 is 0. The molecule has 0 nitrogen and oxygen atoms in total. The Morgan fingerprint density at radius 1 is 1.23 bits per heavy atom. The van der Waals surface area contributed by atoms with E-state index in [0.717, 1.165) is 12.0 Å². The van der Waals surface area contributed by atoms with E-state index in [1.807, 2.05) is 25.2 Å². The summed E-state index contributed by atoms with van der Waals surface area (Å²) in [5.74, 6) is 0. The molecular weight excluding hydrogens is 156 g/mol. The monoisotopic (exact) mass is 174 g/mol. The largest absolute Gasteiger partial charge is 0.0990 e. The van der Waals surface area contributed by atoms with Crippen LogP contribution in [0.15, 0.2) is 60.8 Å². The lowest BCUT2D eigenvalue weighted by Gasteiger charge is -2.01. The minimum Gasteiger partial charge on any atom is -0.0990 e. The molecule has 0 bridgehead atoms. The Kier molecular flexibility index (Phi) is 6.62. The number of hydrogen-bond acceptors (Lipinski definition) is 0. The third-order valence-electron chi connectivity index (χ3n) is 1.62. The zero-order valence-electron chi connectivity index (χ0n) is 8.59. The molecule has 0 saturated carbocycles. The smallest absolute Gasteiger partial charge is 0.0193 e. The van der Waals surface area contributed by atoms with Crippen molar-refractivity contribution in [3.8, 4) is 0 Å². The molecule has 0 spiro atoms. The Labute approximate surface area is 81.7 Å². The van der Waals surface area contributed by atoms with Crippen molar-refractivity contribution in [2.45, 2.75) is 20.3 Å². The van der Waals surface area contributed by atoms with Crippen LogP contribution in [0.1, 0.15) is 20.3 Å². The molecule has 0 radical (unpaired) electrons. The van der Waals surface area contributed by atoms with Crippen molar-refractivity contribution >= 4 is 0 Å². The fourth-order valence-corrected chi connectivity index (χ4v) is 1.09. The van der Waals surface area contributed by atoms with Gasteiger partial charge in [0, 0.05) is 0 Å². The van der Waals surface area contributed by atoms with E-state index in [1.54, 1.807) is 6.08 Å². The van der Waals surface area contributed by atoms with Gasteiger partial charge in [0.1, 0.15) is 0 Å². The molecule has 0 unspecified atom stereocenters. The predicted molar refractivity (Wildman–Crippen MR) is 61.7 cm³/mol. The number of hydrogen-bond donors (Lipinski definition) is 0. The van der Waals surface area contributed by atoms with E-state index in [9.17, 15) is 0 Å². The molecule has 0 saturated heterocycles. The minimum atomic E-state index is 1.03. The Morgan fingerprint density at radius 2 is 1.92 bits per heavy atom. The van der Waals surface area contributed by atoms with E-state index >= 15 is 0 Å². The molecule has 0 atom stereocenters. The molecule has 0 rings (SSSR count). The molecular formula is C13H18. The molecule has 0 heterocycles. The lowest BCUT2D eigenvalue weighted by atomic mass is 10.0. The summed E-state index contributed by atoms with van der Waals surface area (Å²) in [7, 11) is 0. The third kappa shape index (κ3) is 4.32. The van der Waals surface area contributed by atoms with Crippen LogP contribution in [0.5, 0.6) is 0 Å². The van der Waals surface area contributed by atoms with Crippen molar-refractivity contribution in [2.75, 3.05) is 0 Å². The van der Waals surface area contributed by atoms with Crippen LogP contribution in [0.3, 0.4) is 0 Å². The van der Waals surface area contributed by atoms with Crippen LogP contribution >= 0.6 is 0 Å². The molecule has 0 aliphatic heterocycles. The van der Waals surface area contributed by atoms with Gasteiger partial charge in [-0.1, -0.05) is 56.5 Å². The van der Waals surface area contributed by atoms with Gasteiger partial charge in [0.2, 0.25) is 0 Å². The maximum absolute atomic E-state index is 3.77. The maximum Gasteiger partial charge on any atom is -0.0193 e. The van der Waals surface area contributed by atoms with E-state index in [2.05, 4.69) is 32.2 Å². The van der Waals surface area contributed by atoms with Gasteiger partial charge in [-0.25, -0.2) is 0 Å². The van der Waals surface area contributed by atoms with Gasteiger partial charge in [0.25, 0.3) is 0 Å². The standard InChI is InChI=1S/C13H18/c1-5-9-12(8-4)13(10-6-2)11-7-3/h5-6,8-11H,1,4,7H2,2-3H3/b10-6-,12-9-,13-11-. The van der Waals surface area contributed by atoms with E-state index in [4.69, 9.17) is 0 Å². The molecule has 13 heavy (non-hydrogen) atoms. The van der Waals surface area contributed by atoms with Crippen molar-refractivity contribution in [3.63, 3.8) is 0 Å². The molecule has 0 fully saturated rings. The van der Waals surface area contributed by atoms with Crippen LogP contribution in [0.2, 0.25) is 0 Å². The second kappa shape index (κ2) is 7.35. The zero-order chi connectivity index (χ0) is 10.1. The highest BCUT2D eigenvalue weighted by atomic mass is 14.0. The van der Waals surface area contributed by atoms with E-state index in [-0.39, 0.29) is 0 Å². The summed E-state index contributed by atoms with van der Waals surface area (Å²) in [6.07, 6.45) is 12.9. The molecule has 0 aliphatic rings. The van der Waals surface area contributed by atoms with Crippen molar-refractivity contribution in [2.24, 2.45) is 0 Å². The fraction of sp³-hybridized carbons (Fsp3) is 0.231. The van der Waals surface area contributed by atoms with Crippen molar-refractivity contribution in [1.29, 1.82) is 0 Å². The van der Waals surface area contributed by atoms with Gasteiger partial charge < -0.3 is 0 Å². The number of allylic oxidation sites excluding steroid dienone is 8. The second-order valence-corrected chi connectivity index (χ2v) is 2.63. The van der Waals surface area contributed by atoms with E-state index in [0.29, 0.717) is 0 Å². The van der Waals surface area contributed by atoms with Crippen LogP contribution in [0.4, 0.5) is 0 Å². The third-order valence-corrected chi connectivity index (χ3v) is 1.62.